The van der Waals surface area contributed by atoms with E-state index in [4.69, 9.17) is 9.15 Å². The van der Waals surface area contributed by atoms with Crippen molar-refractivity contribution in [3.63, 3.8) is 0 Å². The van der Waals surface area contributed by atoms with Gasteiger partial charge in [0.25, 0.3) is 0 Å². The highest BCUT2D eigenvalue weighted by molar-refractivity contribution is 7.98. The largest absolute Gasteiger partial charge is 0.460 e. The quantitative estimate of drug-likeness (QED) is 0.476. The Bertz CT molecular complexity index is 821. The van der Waals surface area contributed by atoms with Crippen LogP contribution in [0.5, 0.6) is 0 Å². The van der Waals surface area contributed by atoms with Gasteiger partial charge in [0, 0.05) is 21.6 Å². The van der Waals surface area contributed by atoms with E-state index >= 15 is 0 Å². The minimum Gasteiger partial charge on any atom is -0.460 e. The fraction of sp³-hybridized carbons (Fsp3) is 0.211. The van der Waals surface area contributed by atoms with E-state index in [0.29, 0.717) is 12.4 Å². The first-order valence-electron chi connectivity index (χ1n) is 7.56. The number of esters is 1. The average Bonchev–Trinajstić information content (AvgIpc) is 2.91. The minimum atomic E-state index is -0.403. The first-order valence-corrected chi connectivity index (χ1v) is 8.54. The molecule has 0 unspecified atom stereocenters. The van der Waals surface area contributed by atoms with Crippen LogP contribution in [-0.2, 0) is 10.5 Å². The number of carbonyl (C=O) groups is 1. The molecule has 0 fully saturated rings. The molecule has 0 aliphatic carbocycles. The van der Waals surface area contributed by atoms with Crippen molar-refractivity contribution in [3.8, 4) is 0 Å². The van der Waals surface area contributed by atoms with Gasteiger partial charge >= 0.3 is 5.97 Å². The van der Waals surface area contributed by atoms with Crippen molar-refractivity contribution in [2.24, 2.45) is 0 Å². The molecule has 3 aromatic rings. The van der Waals surface area contributed by atoms with Crippen LogP contribution < -0.4 is 0 Å². The molecule has 0 N–H and O–H groups in total. The number of fused-ring (bicyclic) bond motifs is 1. The number of ether oxygens (including phenoxy) is 1. The lowest BCUT2D eigenvalue weighted by atomic mass is 10.1. The van der Waals surface area contributed by atoms with Gasteiger partial charge in [-0.1, -0.05) is 30.3 Å². The van der Waals surface area contributed by atoms with Crippen molar-refractivity contribution in [3.05, 3.63) is 65.4 Å². The summed E-state index contributed by atoms with van der Waals surface area (Å²) < 4.78 is 10.8. The van der Waals surface area contributed by atoms with Crippen LogP contribution in [0.2, 0.25) is 0 Å². The topological polar surface area (TPSA) is 39.4 Å². The Hall–Kier alpha value is -2.20. The SMILES string of the molecule is CCOC(=O)c1oc2cc(SCc3ccccc3)ccc2c1C. The van der Waals surface area contributed by atoms with Crippen LogP contribution in [0.15, 0.2) is 57.8 Å². The van der Waals surface area contributed by atoms with E-state index in [-0.39, 0.29) is 0 Å². The molecule has 1 heterocycles. The number of rotatable bonds is 5. The molecule has 1 aromatic heterocycles. The summed E-state index contributed by atoms with van der Waals surface area (Å²) in [4.78, 5) is 13.0. The summed E-state index contributed by atoms with van der Waals surface area (Å²) >= 11 is 1.75. The van der Waals surface area contributed by atoms with Gasteiger partial charge in [0.2, 0.25) is 5.76 Å². The fourth-order valence-corrected chi connectivity index (χ4v) is 3.31. The Kier molecular flexibility index (Phi) is 4.72. The smallest absolute Gasteiger partial charge is 0.374 e. The van der Waals surface area contributed by atoms with Crippen molar-refractivity contribution in [2.45, 2.75) is 24.5 Å². The summed E-state index contributed by atoms with van der Waals surface area (Å²) in [5.74, 6) is 0.795. The zero-order valence-corrected chi connectivity index (χ0v) is 14.0. The van der Waals surface area contributed by atoms with Crippen LogP contribution in [0.3, 0.4) is 0 Å². The molecule has 3 nitrogen and oxygen atoms in total. The second kappa shape index (κ2) is 6.92. The van der Waals surface area contributed by atoms with E-state index < -0.39 is 5.97 Å². The van der Waals surface area contributed by atoms with Gasteiger partial charge in [-0.05, 0) is 37.6 Å². The van der Waals surface area contributed by atoms with Gasteiger partial charge in [0.1, 0.15) is 5.58 Å². The van der Waals surface area contributed by atoms with Gasteiger partial charge in [-0.3, -0.25) is 0 Å². The average molecular weight is 326 g/mol. The highest BCUT2D eigenvalue weighted by atomic mass is 32.2. The second-order valence-corrected chi connectivity index (χ2v) is 6.26. The second-order valence-electron chi connectivity index (χ2n) is 5.21. The Morgan fingerprint density at radius 2 is 1.96 bits per heavy atom. The number of carbonyl (C=O) groups excluding carboxylic acids is 1. The molecule has 4 heteroatoms. The van der Waals surface area contributed by atoms with Crippen LogP contribution in [-0.4, -0.2) is 12.6 Å². The monoisotopic (exact) mass is 326 g/mol. The minimum absolute atomic E-state index is 0.298. The van der Waals surface area contributed by atoms with Crippen molar-refractivity contribution in [1.29, 1.82) is 0 Å². The molecule has 118 valence electrons. The summed E-state index contributed by atoms with van der Waals surface area (Å²) in [6.07, 6.45) is 0. The number of benzene rings is 2. The Morgan fingerprint density at radius 3 is 2.70 bits per heavy atom. The summed E-state index contributed by atoms with van der Waals surface area (Å²) in [7, 11) is 0. The molecule has 2 aromatic carbocycles. The van der Waals surface area contributed by atoms with Gasteiger partial charge in [-0.25, -0.2) is 4.79 Å². The summed E-state index contributed by atoms with van der Waals surface area (Å²) in [6.45, 7) is 4.01. The zero-order chi connectivity index (χ0) is 16.2. The molecule has 23 heavy (non-hydrogen) atoms. The number of hydrogen-bond donors (Lipinski definition) is 0. The molecule has 3 rings (SSSR count). The van der Waals surface area contributed by atoms with E-state index in [2.05, 4.69) is 18.2 Å². The van der Waals surface area contributed by atoms with Gasteiger partial charge in [-0.2, -0.15) is 0 Å². The van der Waals surface area contributed by atoms with Crippen molar-refractivity contribution < 1.29 is 13.9 Å². The molecule has 0 bridgehead atoms. The van der Waals surface area contributed by atoms with Crippen LogP contribution in [0.1, 0.15) is 28.6 Å². The van der Waals surface area contributed by atoms with Crippen LogP contribution in [0, 0.1) is 6.92 Å². The molecule has 0 atom stereocenters. The maximum Gasteiger partial charge on any atom is 0.374 e. The van der Waals surface area contributed by atoms with Crippen LogP contribution in [0.4, 0.5) is 0 Å². The summed E-state index contributed by atoms with van der Waals surface area (Å²) in [6, 6.07) is 16.4. The lowest BCUT2D eigenvalue weighted by Crippen LogP contribution is -2.04. The normalized spacial score (nSPS) is 10.9. The first-order chi connectivity index (χ1) is 11.2. The highest BCUT2D eigenvalue weighted by Gasteiger charge is 2.18. The molecule has 0 amide bonds. The molecule has 0 aliphatic rings. The number of furan rings is 1. The number of hydrogen-bond acceptors (Lipinski definition) is 4. The van der Waals surface area contributed by atoms with E-state index in [1.807, 2.05) is 37.3 Å². The van der Waals surface area contributed by atoms with E-state index in [1.54, 1.807) is 18.7 Å². The predicted molar refractivity (Wildman–Crippen MR) is 92.9 cm³/mol. The van der Waals surface area contributed by atoms with E-state index in [9.17, 15) is 4.79 Å². The van der Waals surface area contributed by atoms with Gasteiger partial charge in [-0.15, -0.1) is 11.8 Å². The van der Waals surface area contributed by atoms with Crippen LogP contribution in [0.25, 0.3) is 11.0 Å². The number of thioether (sulfide) groups is 1. The first kappa shape index (κ1) is 15.7. The number of aryl methyl sites for hydroxylation is 1. The molecule has 0 saturated heterocycles. The molecular formula is C19H18O3S. The van der Waals surface area contributed by atoms with Crippen molar-refractivity contribution >= 4 is 28.7 Å². The maximum atomic E-state index is 11.9. The summed E-state index contributed by atoms with van der Waals surface area (Å²) in [5.41, 5.74) is 2.84. The molecule has 0 radical (unpaired) electrons. The highest BCUT2D eigenvalue weighted by Crippen LogP contribution is 2.31. The van der Waals surface area contributed by atoms with Gasteiger partial charge in [0.15, 0.2) is 0 Å². The Balaban J connectivity index is 1.83. The Labute approximate surface area is 139 Å². The molecular weight excluding hydrogens is 308 g/mol. The van der Waals surface area contributed by atoms with E-state index in [0.717, 1.165) is 27.2 Å². The summed E-state index contributed by atoms with van der Waals surface area (Å²) in [5, 5.41) is 0.956. The molecule has 0 saturated carbocycles. The predicted octanol–water partition coefficient (Wildman–Crippen LogP) is 5.21. The third-order valence-corrected chi connectivity index (χ3v) is 4.68. The molecule has 0 spiro atoms. The van der Waals surface area contributed by atoms with Crippen molar-refractivity contribution in [1.82, 2.24) is 0 Å². The lowest BCUT2D eigenvalue weighted by Gasteiger charge is -2.02. The Morgan fingerprint density at radius 1 is 1.17 bits per heavy atom. The zero-order valence-electron chi connectivity index (χ0n) is 13.2. The molecule has 0 aliphatic heterocycles. The van der Waals surface area contributed by atoms with Gasteiger partial charge < -0.3 is 9.15 Å². The van der Waals surface area contributed by atoms with Gasteiger partial charge in [0.05, 0.1) is 6.61 Å². The van der Waals surface area contributed by atoms with Crippen LogP contribution >= 0.6 is 11.8 Å². The lowest BCUT2D eigenvalue weighted by molar-refractivity contribution is 0.0491. The third-order valence-electron chi connectivity index (χ3n) is 3.62. The fourth-order valence-electron chi connectivity index (χ4n) is 2.43. The van der Waals surface area contributed by atoms with E-state index in [1.165, 1.54) is 5.56 Å². The maximum absolute atomic E-state index is 11.9. The third kappa shape index (κ3) is 3.42. The van der Waals surface area contributed by atoms with Crippen molar-refractivity contribution in [2.75, 3.05) is 6.61 Å². The standard InChI is InChI=1S/C19H18O3S/c1-3-21-19(20)18-13(2)16-10-9-15(11-17(16)22-18)23-12-14-7-5-4-6-8-14/h4-11H,3,12H2,1-2H3.